The third-order valence-electron chi connectivity index (χ3n) is 5.89. The van der Waals surface area contributed by atoms with Crippen LogP contribution in [0, 0.1) is 0 Å². The molecular formula is C24H31N7. The number of hydrogen-bond acceptors (Lipinski definition) is 4. The van der Waals surface area contributed by atoms with E-state index >= 15 is 0 Å². The molecule has 7 heteroatoms. The number of aliphatic imine (C=N–C) groups is 1. The predicted octanol–water partition coefficient (Wildman–Crippen LogP) is 2.99. The summed E-state index contributed by atoms with van der Waals surface area (Å²) >= 11 is 0. The third-order valence-corrected chi connectivity index (χ3v) is 5.89. The van der Waals surface area contributed by atoms with Gasteiger partial charge in [0, 0.05) is 38.8 Å². The zero-order valence-electron chi connectivity index (χ0n) is 18.3. The van der Waals surface area contributed by atoms with Crippen molar-refractivity contribution in [3.05, 3.63) is 78.4 Å². The minimum atomic E-state index is 0.433. The highest BCUT2D eigenvalue weighted by Gasteiger charge is 2.25. The molecule has 4 rings (SSSR count). The number of rotatable bonds is 6. The number of likely N-dealkylation sites (tertiary alicyclic amines) is 1. The van der Waals surface area contributed by atoms with Crippen molar-refractivity contribution in [2.45, 2.75) is 44.9 Å². The first-order valence-corrected chi connectivity index (χ1v) is 10.9. The van der Waals surface area contributed by atoms with E-state index < -0.39 is 0 Å². The lowest BCUT2D eigenvalue weighted by molar-refractivity contribution is 0.134. The van der Waals surface area contributed by atoms with Crippen LogP contribution in [0.2, 0.25) is 0 Å². The summed E-state index contributed by atoms with van der Waals surface area (Å²) in [5.41, 5.74) is 3.57. The minimum absolute atomic E-state index is 0.433. The first-order chi connectivity index (χ1) is 15.2. The molecule has 1 aliphatic heterocycles. The van der Waals surface area contributed by atoms with E-state index in [4.69, 9.17) is 0 Å². The molecule has 1 aromatic heterocycles. The number of nitrogens with one attached hydrogen (secondary N) is 2. The van der Waals surface area contributed by atoms with Crippen LogP contribution in [0.1, 0.15) is 30.9 Å². The Morgan fingerprint density at radius 3 is 2.58 bits per heavy atom. The Bertz CT molecular complexity index is 951. The molecule has 2 atom stereocenters. The van der Waals surface area contributed by atoms with Gasteiger partial charge >= 0.3 is 0 Å². The Kier molecular flexibility index (Phi) is 6.94. The molecule has 0 bridgehead atoms. The molecule has 0 radical (unpaired) electrons. The fraction of sp³-hybridized carbons (Fsp3) is 0.375. The van der Waals surface area contributed by atoms with E-state index in [1.54, 1.807) is 11.0 Å². The summed E-state index contributed by atoms with van der Waals surface area (Å²) in [6, 6.07) is 20.0. The van der Waals surface area contributed by atoms with E-state index in [0.717, 1.165) is 44.1 Å². The van der Waals surface area contributed by atoms with E-state index in [1.807, 2.05) is 19.2 Å². The lowest BCUT2D eigenvalue weighted by atomic mass is 9.97. The molecule has 2 aromatic carbocycles. The van der Waals surface area contributed by atoms with Crippen molar-refractivity contribution in [1.29, 1.82) is 0 Å². The van der Waals surface area contributed by atoms with Crippen molar-refractivity contribution in [3.8, 4) is 5.69 Å². The van der Waals surface area contributed by atoms with Crippen molar-refractivity contribution < 1.29 is 0 Å². The van der Waals surface area contributed by atoms with Gasteiger partial charge in [-0.3, -0.25) is 9.89 Å². The molecule has 0 aliphatic carbocycles. The molecule has 0 amide bonds. The number of aromatic nitrogens is 3. The van der Waals surface area contributed by atoms with Crippen LogP contribution < -0.4 is 10.6 Å². The highest BCUT2D eigenvalue weighted by molar-refractivity contribution is 5.80. The van der Waals surface area contributed by atoms with Gasteiger partial charge in [-0.1, -0.05) is 42.5 Å². The maximum Gasteiger partial charge on any atom is 0.191 e. The molecule has 1 saturated heterocycles. The van der Waals surface area contributed by atoms with Crippen LogP contribution in [0.25, 0.3) is 5.69 Å². The van der Waals surface area contributed by atoms with Crippen molar-refractivity contribution in [2.75, 3.05) is 13.6 Å². The largest absolute Gasteiger partial charge is 0.354 e. The number of hydrogen-bond donors (Lipinski definition) is 2. The molecule has 1 fully saturated rings. The molecule has 1 aliphatic rings. The van der Waals surface area contributed by atoms with Gasteiger partial charge in [0.15, 0.2) is 5.96 Å². The van der Waals surface area contributed by atoms with Gasteiger partial charge in [0.2, 0.25) is 0 Å². The van der Waals surface area contributed by atoms with E-state index in [1.165, 1.54) is 17.5 Å². The Hall–Kier alpha value is -3.19. The fourth-order valence-electron chi connectivity index (χ4n) is 4.09. The first kappa shape index (κ1) is 21.1. The summed E-state index contributed by atoms with van der Waals surface area (Å²) in [6.07, 6.45) is 5.47. The lowest BCUT2D eigenvalue weighted by Crippen LogP contribution is -2.51. The quantitative estimate of drug-likeness (QED) is 0.477. The van der Waals surface area contributed by atoms with Crippen LogP contribution in [0.3, 0.4) is 0 Å². The van der Waals surface area contributed by atoms with Crippen LogP contribution in [0.4, 0.5) is 0 Å². The number of piperidine rings is 1. The highest BCUT2D eigenvalue weighted by Crippen LogP contribution is 2.20. The maximum atomic E-state index is 4.43. The van der Waals surface area contributed by atoms with Crippen molar-refractivity contribution >= 4 is 5.96 Å². The number of guanidine groups is 1. The minimum Gasteiger partial charge on any atom is -0.354 e. The molecule has 3 aromatic rings. The molecular weight excluding hydrogens is 386 g/mol. The van der Waals surface area contributed by atoms with Gasteiger partial charge in [-0.2, -0.15) is 5.10 Å². The summed E-state index contributed by atoms with van der Waals surface area (Å²) in [5.74, 6) is 0.856. The Labute approximate surface area is 184 Å². The van der Waals surface area contributed by atoms with Crippen molar-refractivity contribution in [1.82, 2.24) is 30.3 Å². The van der Waals surface area contributed by atoms with Crippen LogP contribution in [-0.2, 0) is 13.1 Å². The molecule has 162 valence electrons. The Balaban J connectivity index is 1.25. The van der Waals surface area contributed by atoms with E-state index in [9.17, 15) is 0 Å². The number of benzene rings is 2. The van der Waals surface area contributed by atoms with E-state index in [0.29, 0.717) is 12.1 Å². The summed E-state index contributed by atoms with van der Waals surface area (Å²) in [6.45, 7) is 5.16. The number of nitrogens with zero attached hydrogens (tertiary/aromatic N) is 5. The van der Waals surface area contributed by atoms with Crippen molar-refractivity contribution in [2.24, 2.45) is 4.99 Å². The fourth-order valence-corrected chi connectivity index (χ4v) is 4.09. The van der Waals surface area contributed by atoms with E-state index in [-0.39, 0.29) is 0 Å². The second-order valence-electron chi connectivity index (χ2n) is 8.10. The summed E-state index contributed by atoms with van der Waals surface area (Å²) in [7, 11) is 1.83. The van der Waals surface area contributed by atoms with E-state index in [2.05, 4.69) is 80.0 Å². The first-order valence-electron chi connectivity index (χ1n) is 10.9. The summed E-state index contributed by atoms with van der Waals surface area (Å²) < 4.78 is 1.75. The normalized spacial score (nSPS) is 19.9. The molecule has 7 nitrogen and oxygen atoms in total. The van der Waals surface area contributed by atoms with Gasteiger partial charge < -0.3 is 10.6 Å². The maximum absolute atomic E-state index is 4.43. The predicted molar refractivity (Wildman–Crippen MR) is 124 cm³/mol. The Morgan fingerprint density at radius 2 is 1.90 bits per heavy atom. The standard InChI is InChI=1S/C24H31N7/c1-19-14-22(12-13-30(19)16-21-6-4-3-5-7-21)29-24(25-2)27-15-20-8-10-23(11-9-20)31-18-26-17-28-31/h3-11,17-19,22H,12-16H2,1-2H3,(H2,25,27,29). The molecule has 2 heterocycles. The molecule has 0 spiro atoms. The van der Waals surface area contributed by atoms with Crippen molar-refractivity contribution in [3.63, 3.8) is 0 Å². The summed E-state index contributed by atoms with van der Waals surface area (Å²) in [5, 5.41) is 11.2. The van der Waals surface area contributed by atoms with Crippen LogP contribution in [-0.4, -0.2) is 51.3 Å². The topological polar surface area (TPSA) is 70.4 Å². The van der Waals surface area contributed by atoms with Gasteiger partial charge in [0.1, 0.15) is 12.7 Å². The van der Waals surface area contributed by atoms with Crippen LogP contribution in [0.5, 0.6) is 0 Å². The third kappa shape index (κ3) is 5.70. The Morgan fingerprint density at radius 1 is 1.10 bits per heavy atom. The lowest BCUT2D eigenvalue weighted by Gasteiger charge is -2.38. The monoisotopic (exact) mass is 417 g/mol. The SMILES string of the molecule is CN=C(NCc1ccc(-n2cncn2)cc1)NC1CCN(Cc2ccccc2)C(C)C1. The molecule has 2 N–H and O–H groups in total. The van der Waals surface area contributed by atoms with Gasteiger partial charge in [-0.15, -0.1) is 0 Å². The van der Waals surface area contributed by atoms with Crippen LogP contribution in [0.15, 0.2) is 72.2 Å². The second kappa shape index (κ2) is 10.2. The second-order valence-corrected chi connectivity index (χ2v) is 8.10. The highest BCUT2D eigenvalue weighted by atomic mass is 15.3. The average molecular weight is 418 g/mol. The van der Waals surface area contributed by atoms with Gasteiger partial charge in [-0.05, 0) is 43.0 Å². The van der Waals surface area contributed by atoms with Crippen LogP contribution >= 0.6 is 0 Å². The zero-order valence-corrected chi connectivity index (χ0v) is 18.3. The smallest absolute Gasteiger partial charge is 0.191 e. The summed E-state index contributed by atoms with van der Waals surface area (Å²) in [4.78, 5) is 11.0. The van der Waals surface area contributed by atoms with Gasteiger partial charge in [0.25, 0.3) is 0 Å². The average Bonchev–Trinajstić information content (AvgIpc) is 3.34. The van der Waals surface area contributed by atoms with Gasteiger partial charge in [-0.25, -0.2) is 9.67 Å². The molecule has 31 heavy (non-hydrogen) atoms. The van der Waals surface area contributed by atoms with Gasteiger partial charge in [0.05, 0.1) is 5.69 Å². The molecule has 2 unspecified atom stereocenters. The zero-order chi connectivity index (χ0) is 21.5. The molecule has 0 saturated carbocycles.